The van der Waals surface area contributed by atoms with Gasteiger partial charge in [-0.05, 0) is 38.8 Å². The number of hydrogen-bond acceptors (Lipinski definition) is 7. The Labute approximate surface area is 202 Å². The number of carbonyl (C=O) groups is 1. The van der Waals surface area contributed by atoms with E-state index in [2.05, 4.69) is 30.1 Å². The molecule has 11 heteroatoms. The van der Waals surface area contributed by atoms with Gasteiger partial charge < -0.3 is 10.2 Å². The molecule has 186 valence electrons. The molecule has 5 heterocycles. The lowest BCUT2D eigenvalue weighted by Gasteiger charge is -2.23. The van der Waals surface area contributed by atoms with Gasteiger partial charge in [0.05, 0.1) is 10.9 Å². The number of likely N-dealkylation sites (tertiary alicyclic amines) is 1. The van der Waals surface area contributed by atoms with Crippen LogP contribution in [0.2, 0.25) is 0 Å². The maximum Gasteiger partial charge on any atom is 0.303 e. The van der Waals surface area contributed by atoms with Crippen LogP contribution in [0.3, 0.4) is 0 Å². The summed E-state index contributed by atoms with van der Waals surface area (Å²) in [5.41, 5.74) is 1.14. The number of aromatic nitrogens is 5. The molecular formula is C24H30F2N8O. The summed E-state index contributed by atoms with van der Waals surface area (Å²) in [5, 5.41) is 8.33. The predicted molar refractivity (Wildman–Crippen MR) is 129 cm³/mol. The van der Waals surface area contributed by atoms with Crippen LogP contribution in [0.4, 0.5) is 20.4 Å². The van der Waals surface area contributed by atoms with E-state index in [0.29, 0.717) is 29.5 Å². The maximum atomic E-state index is 14.2. The molecule has 0 aromatic carbocycles. The Bertz CT molecular complexity index is 1250. The molecule has 0 radical (unpaired) electrons. The van der Waals surface area contributed by atoms with Gasteiger partial charge in [-0.3, -0.25) is 9.69 Å². The first kappa shape index (κ1) is 23.5. The SMILES string of the molecule is CCc1cc(-n2nc(N3CC[C@H](N4CCCC4)C3)c3cnc(NC(C)=O)cc32)nc(C(C)(F)F)n1. The fraction of sp³-hybridized carbons (Fsp3) is 0.542. The van der Waals surface area contributed by atoms with E-state index in [0.717, 1.165) is 50.7 Å². The highest BCUT2D eigenvalue weighted by atomic mass is 19.3. The van der Waals surface area contributed by atoms with Crippen LogP contribution >= 0.6 is 0 Å². The van der Waals surface area contributed by atoms with Crippen molar-refractivity contribution in [3.63, 3.8) is 0 Å². The lowest BCUT2D eigenvalue weighted by atomic mass is 10.2. The topological polar surface area (TPSA) is 92.1 Å². The largest absolute Gasteiger partial charge is 0.353 e. The van der Waals surface area contributed by atoms with Crippen LogP contribution in [0.1, 0.15) is 51.6 Å². The zero-order valence-electron chi connectivity index (χ0n) is 20.3. The van der Waals surface area contributed by atoms with Gasteiger partial charge in [0.2, 0.25) is 11.7 Å². The first-order chi connectivity index (χ1) is 16.7. The molecule has 1 amide bonds. The fourth-order valence-corrected chi connectivity index (χ4v) is 4.96. The van der Waals surface area contributed by atoms with Crippen LogP contribution in [0, 0.1) is 0 Å². The third kappa shape index (κ3) is 4.69. The minimum Gasteiger partial charge on any atom is -0.353 e. The first-order valence-corrected chi connectivity index (χ1v) is 12.1. The molecule has 1 atom stereocenters. The highest BCUT2D eigenvalue weighted by Gasteiger charge is 2.33. The quantitative estimate of drug-likeness (QED) is 0.572. The summed E-state index contributed by atoms with van der Waals surface area (Å²) in [6.07, 6.45) is 5.68. The summed E-state index contributed by atoms with van der Waals surface area (Å²) < 4.78 is 30.0. The van der Waals surface area contributed by atoms with Crippen LogP contribution in [0.15, 0.2) is 18.3 Å². The number of anilines is 2. The molecule has 9 nitrogen and oxygen atoms in total. The Hall–Kier alpha value is -3.21. The Morgan fingerprint density at radius 3 is 2.66 bits per heavy atom. The number of halogens is 2. The molecule has 2 aliphatic heterocycles. The minimum absolute atomic E-state index is 0.251. The second-order valence-corrected chi connectivity index (χ2v) is 9.42. The number of nitrogens with one attached hydrogen (secondary N) is 1. The lowest BCUT2D eigenvalue weighted by Crippen LogP contribution is -2.35. The number of aryl methyl sites for hydroxylation is 1. The minimum atomic E-state index is -3.19. The summed E-state index contributed by atoms with van der Waals surface area (Å²) in [6, 6.07) is 3.86. The molecule has 0 bridgehead atoms. The molecule has 3 aromatic heterocycles. The Morgan fingerprint density at radius 1 is 1.20 bits per heavy atom. The van der Waals surface area contributed by atoms with Gasteiger partial charge in [-0.15, -0.1) is 5.10 Å². The van der Waals surface area contributed by atoms with Crippen LogP contribution in [-0.4, -0.2) is 67.8 Å². The van der Waals surface area contributed by atoms with Crippen molar-refractivity contribution in [1.82, 2.24) is 29.6 Å². The van der Waals surface area contributed by atoms with Crippen molar-refractivity contribution in [2.45, 2.75) is 58.4 Å². The van der Waals surface area contributed by atoms with E-state index < -0.39 is 11.7 Å². The number of fused-ring (bicyclic) bond motifs is 1. The van der Waals surface area contributed by atoms with Crippen LogP contribution in [0.25, 0.3) is 16.7 Å². The third-order valence-corrected chi connectivity index (χ3v) is 6.71. The summed E-state index contributed by atoms with van der Waals surface area (Å²) in [7, 11) is 0. The summed E-state index contributed by atoms with van der Waals surface area (Å²) >= 11 is 0. The van der Waals surface area contributed by atoms with E-state index >= 15 is 0 Å². The van der Waals surface area contributed by atoms with Crippen molar-refractivity contribution < 1.29 is 13.6 Å². The number of alkyl halides is 2. The van der Waals surface area contributed by atoms with Crippen molar-refractivity contribution in [3.8, 4) is 5.82 Å². The van der Waals surface area contributed by atoms with Crippen LogP contribution in [-0.2, 0) is 17.1 Å². The van der Waals surface area contributed by atoms with E-state index in [4.69, 9.17) is 5.10 Å². The molecule has 1 N–H and O–H groups in total. The summed E-state index contributed by atoms with van der Waals surface area (Å²) in [6.45, 7) is 8.02. The highest BCUT2D eigenvalue weighted by Crippen LogP contribution is 2.33. The van der Waals surface area contributed by atoms with E-state index in [9.17, 15) is 13.6 Å². The van der Waals surface area contributed by atoms with Crippen LogP contribution in [0.5, 0.6) is 0 Å². The zero-order chi connectivity index (χ0) is 24.7. The Balaban J connectivity index is 1.61. The average Bonchev–Trinajstić information content (AvgIpc) is 3.56. The second kappa shape index (κ2) is 9.10. The molecule has 0 aliphatic carbocycles. The van der Waals surface area contributed by atoms with Gasteiger partial charge in [0.25, 0.3) is 0 Å². The number of hydrogen-bond donors (Lipinski definition) is 1. The van der Waals surface area contributed by atoms with Gasteiger partial charge in [0.15, 0.2) is 11.6 Å². The van der Waals surface area contributed by atoms with E-state index in [1.165, 1.54) is 19.8 Å². The van der Waals surface area contributed by atoms with E-state index in [-0.39, 0.29) is 11.7 Å². The van der Waals surface area contributed by atoms with Gasteiger partial charge in [0.1, 0.15) is 5.82 Å². The highest BCUT2D eigenvalue weighted by molar-refractivity contribution is 5.95. The smallest absolute Gasteiger partial charge is 0.303 e. The number of nitrogens with zero attached hydrogens (tertiary/aromatic N) is 7. The van der Waals surface area contributed by atoms with Gasteiger partial charge in [-0.25, -0.2) is 19.6 Å². The Morgan fingerprint density at radius 2 is 1.97 bits per heavy atom. The maximum absolute atomic E-state index is 14.2. The normalized spacial score (nSPS) is 19.1. The number of carbonyl (C=O) groups excluding carboxylic acids is 1. The monoisotopic (exact) mass is 484 g/mol. The van der Waals surface area contributed by atoms with Crippen molar-refractivity contribution in [3.05, 3.63) is 29.8 Å². The molecule has 2 fully saturated rings. The molecule has 2 aliphatic rings. The lowest BCUT2D eigenvalue weighted by molar-refractivity contribution is -0.114. The second-order valence-electron chi connectivity index (χ2n) is 9.42. The third-order valence-electron chi connectivity index (χ3n) is 6.71. The Kier molecular flexibility index (Phi) is 6.12. The molecule has 35 heavy (non-hydrogen) atoms. The summed E-state index contributed by atoms with van der Waals surface area (Å²) in [4.78, 5) is 29.0. The first-order valence-electron chi connectivity index (χ1n) is 12.1. The predicted octanol–water partition coefficient (Wildman–Crippen LogP) is 3.52. The molecule has 0 unspecified atom stereocenters. The number of pyridine rings is 1. The fourth-order valence-electron chi connectivity index (χ4n) is 4.96. The average molecular weight is 485 g/mol. The molecule has 0 saturated carbocycles. The molecule has 5 rings (SSSR count). The van der Waals surface area contributed by atoms with Gasteiger partial charge in [-0.2, -0.15) is 8.78 Å². The van der Waals surface area contributed by atoms with E-state index in [1.54, 1.807) is 23.0 Å². The molecule has 3 aromatic rings. The summed E-state index contributed by atoms with van der Waals surface area (Å²) in [5.74, 6) is -2.61. The molecule has 0 spiro atoms. The van der Waals surface area contributed by atoms with Crippen molar-refractivity contribution in [1.29, 1.82) is 0 Å². The zero-order valence-corrected chi connectivity index (χ0v) is 20.3. The molecular weight excluding hydrogens is 454 g/mol. The van der Waals surface area contributed by atoms with E-state index in [1.807, 2.05) is 6.92 Å². The van der Waals surface area contributed by atoms with Gasteiger partial charge in [-0.1, -0.05) is 6.92 Å². The number of rotatable bonds is 6. The van der Waals surface area contributed by atoms with Crippen LogP contribution < -0.4 is 10.2 Å². The van der Waals surface area contributed by atoms with Crippen molar-refractivity contribution in [2.24, 2.45) is 0 Å². The van der Waals surface area contributed by atoms with Crippen molar-refractivity contribution >= 4 is 28.4 Å². The standard InChI is InChI=1S/C24H30F2N8O/c1-4-16-11-21(30-23(29-16)24(3,25)26)34-19-12-20(28-15(2)35)27-13-18(19)22(31-34)33-10-7-17(14-33)32-8-5-6-9-32/h11-13,17H,4-10,14H2,1-3H3,(H,27,28,35)/t17-/m0/s1. The van der Waals surface area contributed by atoms with Gasteiger partial charge >= 0.3 is 5.92 Å². The molecule has 2 saturated heterocycles. The number of amides is 1. The van der Waals surface area contributed by atoms with Gasteiger partial charge in [0, 0.05) is 57.0 Å². The van der Waals surface area contributed by atoms with Crippen molar-refractivity contribution in [2.75, 3.05) is 36.4 Å².